The molecule has 1 aliphatic heterocycles. The third-order valence-corrected chi connectivity index (χ3v) is 8.22. The van der Waals surface area contributed by atoms with E-state index in [1.54, 1.807) is 0 Å². The van der Waals surface area contributed by atoms with Crippen molar-refractivity contribution in [1.29, 1.82) is 0 Å². The number of halogens is 6. The molecule has 2 heterocycles. The molecule has 4 rings (SSSR count). The van der Waals surface area contributed by atoms with Gasteiger partial charge in [-0.25, -0.2) is 14.8 Å². The third kappa shape index (κ3) is 10.2. The molecule has 0 radical (unpaired) electrons. The molecule has 2 amide bonds. The van der Waals surface area contributed by atoms with Crippen molar-refractivity contribution in [2.75, 3.05) is 23.7 Å². The first kappa shape index (κ1) is 35.3. The number of nitrogens with zero attached hydrogens (tertiary/aromatic N) is 3. The van der Waals surface area contributed by atoms with Gasteiger partial charge in [0.1, 0.15) is 17.4 Å². The number of aromatic nitrogens is 2. The molecule has 0 saturated carbocycles. The monoisotopic (exact) mass is 681 g/mol. The molecule has 1 saturated heterocycles. The Morgan fingerprint density at radius 3 is 2.32 bits per heavy atom. The van der Waals surface area contributed by atoms with Gasteiger partial charge in [0.2, 0.25) is 11.9 Å². The highest BCUT2D eigenvalue weighted by Gasteiger charge is 2.35. The number of nitrogens with one attached hydrogen (secondary N) is 2. The first-order valence-electron chi connectivity index (χ1n) is 14.2. The Labute approximate surface area is 269 Å². The summed E-state index contributed by atoms with van der Waals surface area (Å²) in [6.07, 6.45) is -7.08. The van der Waals surface area contributed by atoms with Crippen molar-refractivity contribution >= 4 is 41.6 Å². The summed E-state index contributed by atoms with van der Waals surface area (Å²) in [6.45, 7) is 0.218. The van der Waals surface area contributed by atoms with Crippen LogP contribution in [0.2, 0.25) is 0 Å². The second kappa shape index (κ2) is 15.3. The van der Waals surface area contributed by atoms with Gasteiger partial charge in [-0.15, -0.1) is 0 Å². The fourth-order valence-corrected chi connectivity index (χ4v) is 5.65. The molecule has 0 spiro atoms. The minimum absolute atomic E-state index is 0.0448. The molecule has 250 valence electrons. The Bertz CT molecular complexity index is 1590. The van der Waals surface area contributed by atoms with Gasteiger partial charge in [0.05, 0.1) is 5.56 Å². The van der Waals surface area contributed by atoms with Gasteiger partial charge in [0.25, 0.3) is 5.91 Å². The number of carboxylic acids is 1. The number of carboxylic acid groups (broad SMARTS) is 1. The van der Waals surface area contributed by atoms with E-state index in [2.05, 4.69) is 20.6 Å². The fraction of sp³-hybridized carbons (Fsp3) is 0.323. The normalized spacial score (nSPS) is 15.2. The molecule has 16 heteroatoms. The van der Waals surface area contributed by atoms with Gasteiger partial charge in [-0.05, 0) is 48.2 Å². The van der Waals surface area contributed by atoms with Crippen LogP contribution < -0.4 is 15.5 Å². The highest BCUT2D eigenvalue weighted by atomic mass is 32.2. The van der Waals surface area contributed by atoms with Gasteiger partial charge in [-0.2, -0.15) is 38.1 Å². The van der Waals surface area contributed by atoms with Crippen molar-refractivity contribution in [2.45, 2.75) is 37.0 Å². The van der Waals surface area contributed by atoms with Crippen molar-refractivity contribution in [1.82, 2.24) is 20.6 Å². The van der Waals surface area contributed by atoms with E-state index in [9.17, 15) is 45.8 Å². The van der Waals surface area contributed by atoms with Crippen LogP contribution in [-0.2, 0) is 32.5 Å². The smallest absolute Gasteiger partial charge is 0.433 e. The number of amides is 2. The van der Waals surface area contributed by atoms with Crippen LogP contribution in [0.25, 0.3) is 6.08 Å². The maximum atomic E-state index is 13.3. The summed E-state index contributed by atoms with van der Waals surface area (Å²) in [6, 6.07) is 12.5. The third-order valence-electron chi connectivity index (χ3n) is 7.11. The lowest BCUT2D eigenvalue weighted by atomic mass is 9.96. The fourth-order valence-electron chi connectivity index (χ4n) is 4.64. The molecule has 1 atom stereocenters. The topological polar surface area (TPSA) is 125 Å². The highest BCUT2D eigenvalue weighted by Crippen LogP contribution is 2.31. The van der Waals surface area contributed by atoms with E-state index in [-0.39, 0.29) is 43.2 Å². The number of carbonyl (C=O) groups excluding carboxylic acids is 2. The van der Waals surface area contributed by atoms with Gasteiger partial charge in [-0.1, -0.05) is 42.5 Å². The molecular weight excluding hydrogens is 652 g/mol. The summed E-state index contributed by atoms with van der Waals surface area (Å²) in [7, 11) is 0. The van der Waals surface area contributed by atoms with Crippen LogP contribution in [0.3, 0.4) is 0 Å². The summed E-state index contributed by atoms with van der Waals surface area (Å²) < 4.78 is 79.3. The molecule has 3 N–H and O–H groups in total. The van der Waals surface area contributed by atoms with E-state index in [1.165, 1.54) is 22.7 Å². The number of alkyl halides is 6. The minimum Gasteiger partial charge on any atom is -0.480 e. The number of aliphatic carboxylic acids is 1. The molecule has 1 unspecified atom stereocenters. The molecule has 3 aromatic rings. The Kier molecular flexibility index (Phi) is 11.5. The molecule has 2 aromatic carbocycles. The Morgan fingerprint density at radius 2 is 1.68 bits per heavy atom. The summed E-state index contributed by atoms with van der Waals surface area (Å²) in [5.74, 6) is -3.54. The van der Waals surface area contributed by atoms with Crippen LogP contribution >= 0.6 is 11.8 Å². The number of hydrogen-bond donors (Lipinski definition) is 3. The van der Waals surface area contributed by atoms with Crippen LogP contribution in [-0.4, -0.2) is 57.7 Å². The zero-order valence-corrected chi connectivity index (χ0v) is 25.3. The molecular formula is C31H29F6N5O4S. The quantitative estimate of drug-likeness (QED) is 0.182. The Balaban J connectivity index is 1.48. The molecule has 1 aliphatic rings. The molecule has 0 aliphatic carbocycles. The van der Waals surface area contributed by atoms with E-state index in [0.717, 1.165) is 42.1 Å². The summed E-state index contributed by atoms with van der Waals surface area (Å²) in [4.78, 5) is 47.5. The Hall–Kier alpha value is -4.60. The van der Waals surface area contributed by atoms with Gasteiger partial charge in [-0.3, -0.25) is 9.59 Å². The van der Waals surface area contributed by atoms with Crippen molar-refractivity contribution in [3.63, 3.8) is 0 Å². The summed E-state index contributed by atoms with van der Waals surface area (Å²) in [5, 5.41) is 14.5. The van der Waals surface area contributed by atoms with E-state index in [1.807, 2.05) is 30.3 Å². The van der Waals surface area contributed by atoms with Gasteiger partial charge >= 0.3 is 18.3 Å². The average molecular weight is 682 g/mol. The molecule has 9 nitrogen and oxygen atoms in total. The first-order chi connectivity index (χ1) is 22.2. The lowest BCUT2D eigenvalue weighted by Crippen LogP contribution is -2.47. The van der Waals surface area contributed by atoms with E-state index < -0.39 is 59.1 Å². The highest BCUT2D eigenvalue weighted by molar-refractivity contribution is 7.98. The number of piperidine rings is 1. The summed E-state index contributed by atoms with van der Waals surface area (Å²) >= 11 is 1.24. The lowest BCUT2D eigenvalue weighted by Gasteiger charge is -2.31. The maximum Gasteiger partial charge on any atom is 0.433 e. The predicted molar refractivity (Wildman–Crippen MR) is 162 cm³/mol. The predicted octanol–water partition coefficient (Wildman–Crippen LogP) is 5.39. The molecule has 47 heavy (non-hydrogen) atoms. The van der Waals surface area contributed by atoms with Crippen LogP contribution in [0.5, 0.6) is 0 Å². The zero-order chi connectivity index (χ0) is 34.2. The van der Waals surface area contributed by atoms with E-state index in [0.29, 0.717) is 5.75 Å². The summed E-state index contributed by atoms with van der Waals surface area (Å²) in [5.41, 5.74) is -1.74. The van der Waals surface area contributed by atoms with Crippen molar-refractivity contribution in [3.8, 4) is 0 Å². The van der Waals surface area contributed by atoms with Crippen molar-refractivity contribution < 1.29 is 45.8 Å². The SMILES string of the molecule is O=C(NC(CSCc1ccccc1)C(=O)O)C(=Cc1cccc(C(F)(F)F)c1)NC(=O)C1CCN(c2nccc(C(F)(F)F)n2)CC1. The number of hydrogen-bond acceptors (Lipinski definition) is 7. The molecule has 1 aromatic heterocycles. The zero-order valence-electron chi connectivity index (χ0n) is 24.5. The number of thioether (sulfide) groups is 1. The molecule has 0 bridgehead atoms. The van der Waals surface area contributed by atoms with Crippen LogP contribution in [0, 0.1) is 5.92 Å². The van der Waals surface area contributed by atoms with Crippen molar-refractivity contribution in [3.05, 3.63) is 94.9 Å². The Morgan fingerprint density at radius 1 is 0.979 bits per heavy atom. The second-order valence-electron chi connectivity index (χ2n) is 10.5. The number of rotatable bonds is 11. The first-order valence-corrected chi connectivity index (χ1v) is 15.4. The number of anilines is 1. The van der Waals surface area contributed by atoms with Crippen molar-refractivity contribution in [2.24, 2.45) is 5.92 Å². The second-order valence-corrected chi connectivity index (χ2v) is 11.6. The minimum atomic E-state index is -4.68. The standard InChI is InChI=1S/C31H29F6N5O4S/c32-30(33,34)22-8-4-7-20(15-22)16-23(27(44)40-24(28(45)46)18-47-17-19-5-2-1-3-6-19)39-26(43)21-10-13-42(14-11-21)29-38-12-9-25(41-29)31(35,36)37/h1-9,12,15-16,21,24H,10-11,13-14,17-18H2,(H,39,43)(H,40,44)(H,45,46). The van der Waals surface area contributed by atoms with Gasteiger partial charge in [0.15, 0.2) is 0 Å². The van der Waals surface area contributed by atoms with Gasteiger partial charge < -0.3 is 20.6 Å². The van der Waals surface area contributed by atoms with Crippen LogP contribution in [0.4, 0.5) is 32.3 Å². The number of carbonyl (C=O) groups is 3. The van der Waals surface area contributed by atoms with Gasteiger partial charge in [0, 0.05) is 36.7 Å². The largest absolute Gasteiger partial charge is 0.480 e. The van der Waals surface area contributed by atoms with Crippen LogP contribution in [0.15, 0.2) is 72.6 Å². The maximum absolute atomic E-state index is 13.3. The average Bonchev–Trinajstić information content (AvgIpc) is 3.04. The van der Waals surface area contributed by atoms with E-state index in [4.69, 9.17) is 0 Å². The number of benzene rings is 2. The molecule has 1 fully saturated rings. The van der Waals surface area contributed by atoms with E-state index >= 15 is 0 Å². The lowest BCUT2D eigenvalue weighted by molar-refractivity contribution is -0.141. The van der Waals surface area contributed by atoms with Crippen LogP contribution in [0.1, 0.15) is 35.2 Å².